The van der Waals surface area contributed by atoms with Crippen LogP contribution in [0.15, 0.2) is 6.07 Å². The van der Waals surface area contributed by atoms with Gasteiger partial charge in [0, 0.05) is 0 Å². The molecular formula is C8H5F6NO. The first-order valence-corrected chi connectivity index (χ1v) is 3.87. The molecule has 0 aliphatic carbocycles. The molecule has 1 rings (SSSR count). The van der Waals surface area contributed by atoms with E-state index < -0.39 is 35.6 Å². The van der Waals surface area contributed by atoms with Gasteiger partial charge in [-0.1, -0.05) is 0 Å². The Balaban J connectivity index is 3.43. The molecule has 0 aromatic carbocycles. The van der Waals surface area contributed by atoms with Gasteiger partial charge in [0.1, 0.15) is 11.3 Å². The summed E-state index contributed by atoms with van der Waals surface area (Å²) in [5.41, 5.74) is -2.90. The largest absolute Gasteiger partial charge is 0.491 e. The van der Waals surface area contributed by atoms with Crippen molar-refractivity contribution in [3.05, 3.63) is 23.3 Å². The molecule has 1 heterocycles. The summed E-state index contributed by atoms with van der Waals surface area (Å²) in [7, 11) is 0.789. The lowest BCUT2D eigenvalue weighted by Crippen LogP contribution is -2.11. The van der Waals surface area contributed by atoms with Crippen LogP contribution in [0.5, 0.6) is 5.75 Å². The lowest BCUT2D eigenvalue weighted by Gasteiger charge is -2.13. The Morgan fingerprint density at radius 1 is 1.31 bits per heavy atom. The first kappa shape index (κ1) is 12.6. The molecule has 0 atom stereocenters. The maximum absolute atomic E-state index is 12.9. The standard InChI is InChI=1S/C8H5F6NO/c1-16-5-3(8(12,13)14)2-4(6(9)10)15-7(5)11/h2,6H,1H3. The second-order valence-corrected chi connectivity index (χ2v) is 2.72. The van der Waals surface area contributed by atoms with Gasteiger partial charge in [-0.25, -0.2) is 13.8 Å². The van der Waals surface area contributed by atoms with Crippen molar-refractivity contribution in [2.24, 2.45) is 0 Å². The molecule has 90 valence electrons. The third kappa shape index (κ3) is 2.37. The molecule has 0 radical (unpaired) electrons. The number of hydrogen-bond acceptors (Lipinski definition) is 2. The Kier molecular flexibility index (Phi) is 3.30. The lowest BCUT2D eigenvalue weighted by molar-refractivity contribution is -0.139. The van der Waals surface area contributed by atoms with Gasteiger partial charge in [-0.3, -0.25) is 0 Å². The van der Waals surface area contributed by atoms with Crippen molar-refractivity contribution in [3.8, 4) is 5.75 Å². The fourth-order valence-electron chi connectivity index (χ4n) is 1.04. The number of pyridine rings is 1. The SMILES string of the molecule is COc1c(C(F)(F)F)cc(C(F)F)nc1F. The predicted octanol–water partition coefficient (Wildman–Crippen LogP) is 3.19. The van der Waals surface area contributed by atoms with Crippen molar-refractivity contribution in [1.82, 2.24) is 4.98 Å². The van der Waals surface area contributed by atoms with Crippen LogP contribution in [0.1, 0.15) is 17.7 Å². The second kappa shape index (κ2) is 4.18. The van der Waals surface area contributed by atoms with Crippen LogP contribution in [-0.2, 0) is 6.18 Å². The molecule has 1 aromatic rings. The number of methoxy groups -OCH3 is 1. The number of aromatic nitrogens is 1. The van der Waals surface area contributed by atoms with Crippen LogP contribution in [0.2, 0.25) is 0 Å². The van der Waals surface area contributed by atoms with Crippen LogP contribution in [-0.4, -0.2) is 12.1 Å². The summed E-state index contributed by atoms with van der Waals surface area (Å²) < 4.78 is 78.3. The smallest absolute Gasteiger partial charge is 0.420 e. The first-order chi connectivity index (χ1) is 7.27. The van der Waals surface area contributed by atoms with E-state index in [1.54, 1.807) is 0 Å². The molecule has 0 saturated heterocycles. The van der Waals surface area contributed by atoms with E-state index in [9.17, 15) is 26.3 Å². The van der Waals surface area contributed by atoms with E-state index in [4.69, 9.17) is 0 Å². The van der Waals surface area contributed by atoms with Crippen molar-refractivity contribution in [2.45, 2.75) is 12.6 Å². The van der Waals surface area contributed by atoms with Crippen LogP contribution < -0.4 is 4.74 Å². The van der Waals surface area contributed by atoms with Gasteiger partial charge in [0.25, 0.3) is 12.4 Å². The summed E-state index contributed by atoms with van der Waals surface area (Å²) >= 11 is 0. The molecule has 16 heavy (non-hydrogen) atoms. The Hall–Kier alpha value is -1.47. The monoisotopic (exact) mass is 245 g/mol. The van der Waals surface area contributed by atoms with Crippen LogP contribution in [0.4, 0.5) is 26.3 Å². The van der Waals surface area contributed by atoms with Crippen LogP contribution in [0.3, 0.4) is 0 Å². The van der Waals surface area contributed by atoms with E-state index in [-0.39, 0.29) is 6.07 Å². The minimum Gasteiger partial charge on any atom is -0.491 e. The highest BCUT2D eigenvalue weighted by atomic mass is 19.4. The predicted molar refractivity (Wildman–Crippen MR) is 40.7 cm³/mol. The highest BCUT2D eigenvalue weighted by Crippen LogP contribution is 2.38. The maximum atomic E-state index is 12.9. The van der Waals surface area contributed by atoms with Gasteiger partial charge in [-0.15, -0.1) is 0 Å². The molecule has 0 amide bonds. The summed E-state index contributed by atoms with van der Waals surface area (Å²) in [5, 5.41) is 0. The fourth-order valence-corrected chi connectivity index (χ4v) is 1.04. The fraction of sp³-hybridized carbons (Fsp3) is 0.375. The molecule has 0 aliphatic rings. The molecule has 0 fully saturated rings. The molecule has 0 N–H and O–H groups in total. The number of halogens is 6. The molecule has 8 heteroatoms. The molecule has 0 bridgehead atoms. The summed E-state index contributed by atoms with van der Waals surface area (Å²) in [6.07, 6.45) is -8.28. The Morgan fingerprint density at radius 3 is 2.25 bits per heavy atom. The van der Waals surface area contributed by atoms with Crippen molar-refractivity contribution >= 4 is 0 Å². The molecule has 0 saturated carbocycles. The Labute approximate surface area is 85.9 Å². The van der Waals surface area contributed by atoms with Gasteiger partial charge < -0.3 is 4.74 Å². The molecular weight excluding hydrogens is 240 g/mol. The van der Waals surface area contributed by atoms with Crippen molar-refractivity contribution in [2.75, 3.05) is 7.11 Å². The third-order valence-corrected chi connectivity index (χ3v) is 1.68. The van der Waals surface area contributed by atoms with Gasteiger partial charge in [0.05, 0.1) is 7.11 Å². The van der Waals surface area contributed by atoms with Crippen LogP contribution in [0.25, 0.3) is 0 Å². The normalized spacial score (nSPS) is 12.0. The first-order valence-electron chi connectivity index (χ1n) is 3.87. The van der Waals surface area contributed by atoms with E-state index in [0.717, 1.165) is 7.11 Å². The van der Waals surface area contributed by atoms with E-state index in [1.807, 2.05) is 0 Å². The minimum absolute atomic E-state index is 0.0621. The topological polar surface area (TPSA) is 22.1 Å². The maximum Gasteiger partial charge on any atom is 0.420 e. The van der Waals surface area contributed by atoms with Crippen molar-refractivity contribution in [1.29, 1.82) is 0 Å². The highest BCUT2D eigenvalue weighted by molar-refractivity contribution is 5.36. The van der Waals surface area contributed by atoms with Gasteiger partial charge in [-0.05, 0) is 6.07 Å². The summed E-state index contributed by atoms with van der Waals surface area (Å²) in [6, 6.07) is 0.0621. The third-order valence-electron chi connectivity index (χ3n) is 1.68. The molecule has 0 unspecified atom stereocenters. The summed E-state index contributed by atoms with van der Waals surface area (Å²) in [6.45, 7) is 0. The Bertz CT molecular complexity index is 389. The van der Waals surface area contributed by atoms with E-state index >= 15 is 0 Å². The van der Waals surface area contributed by atoms with Crippen LogP contribution >= 0.6 is 0 Å². The number of nitrogens with zero attached hydrogens (tertiary/aromatic N) is 1. The minimum atomic E-state index is -4.99. The van der Waals surface area contributed by atoms with Crippen LogP contribution in [0, 0.1) is 5.95 Å². The lowest BCUT2D eigenvalue weighted by atomic mass is 10.2. The quantitative estimate of drug-likeness (QED) is 0.589. The number of alkyl halides is 5. The number of hydrogen-bond donors (Lipinski definition) is 0. The highest BCUT2D eigenvalue weighted by Gasteiger charge is 2.37. The van der Waals surface area contributed by atoms with Gasteiger partial charge in [-0.2, -0.15) is 17.6 Å². The number of ether oxygens (including phenoxy) is 1. The van der Waals surface area contributed by atoms with E-state index in [1.165, 1.54) is 0 Å². The van der Waals surface area contributed by atoms with E-state index in [0.29, 0.717) is 0 Å². The molecule has 1 aromatic heterocycles. The van der Waals surface area contributed by atoms with Crippen molar-refractivity contribution in [3.63, 3.8) is 0 Å². The summed E-state index contributed by atoms with van der Waals surface area (Å²) in [4.78, 5) is 2.68. The zero-order valence-electron chi connectivity index (χ0n) is 7.78. The zero-order chi connectivity index (χ0) is 12.5. The second-order valence-electron chi connectivity index (χ2n) is 2.72. The van der Waals surface area contributed by atoms with Gasteiger partial charge in [0.2, 0.25) is 0 Å². The van der Waals surface area contributed by atoms with Gasteiger partial charge >= 0.3 is 6.18 Å². The zero-order valence-corrected chi connectivity index (χ0v) is 7.78. The van der Waals surface area contributed by atoms with E-state index in [2.05, 4.69) is 9.72 Å². The summed E-state index contributed by atoms with van der Waals surface area (Å²) in [5.74, 6) is -2.91. The molecule has 0 aliphatic heterocycles. The molecule has 0 spiro atoms. The Morgan fingerprint density at radius 2 is 1.88 bits per heavy atom. The van der Waals surface area contributed by atoms with Crippen molar-refractivity contribution < 1.29 is 31.1 Å². The number of rotatable bonds is 2. The average Bonchev–Trinajstić information content (AvgIpc) is 2.14. The average molecular weight is 245 g/mol. The van der Waals surface area contributed by atoms with Gasteiger partial charge in [0.15, 0.2) is 5.75 Å². The molecule has 2 nitrogen and oxygen atoms in total.